The molecule has 0 aromatic carbocycles. The van der Waals surface area contributed by atoms with Gasteiger partial charge in [-0.1, -0.05) is 13.8 Å². The highest BCUT2D eigenvalue weighted by Crippen LogP contribution is 2.01. The van der Waals surface area contributed by atoms with E-state index in [-0.39, 0.29) is 0 Å². The van der Waals surface area contributed by atoms with Crippen LogP contribution in [0.15, 0.2) is 24.8 Å². The molecule has 104 valence electrons. The summed E-state index contributed by atoms with van der Waals surface area (Å²) in [5.41, 5.74) is 2.46. The van der Waals surface area contributed by atoms with Gasteiger partial charge in [0.25, 0.3) is 0 Å². The van der Waals surface area contributed by atoms with Gasteiger partial charge in [0.05, 0.1) is 12.4 Å². The van der Waals surface area contributed by atoms with Crippen LogP contribution in [0.3, 0.4) is 0 Å². The molecule has 0 atom stereocenters. The summed E-state index contributed by atoms with van der Waals surface area (Å²) in [4.78, 5) is 0. The quantitative estimate of drug-likeness (QED) is 0.792. The molecule has 0 fully saturated rings. The average Bonchev–Trinajstić information content (AvgIpc) is 3.01. The maximum atomic E-state index is 4.32. The van der Waals surface area contributed by atoms with E-state index in [2.05, 4.69) is 41.8 Å². The molecule has 2 aromatic heterocycles. The lowest BCUT2D eigenvalue weighted by Gasteiger charge is -2.00. The third-order valence-electron chi connectivity index (χ3n) is 2.94. The van der Waals surface area contributed by atoms with Crippen LogP contribution >= 0.6 is 0 Å². The molecule has 0 saturated carbocycles. The summed E-state index contributed by atoms with van der Waals surface area (Å²) in [6.07, 6.45) is 10.3. The molecule has 0 aliphatic heterocycles. The van der Waals surface area contributed by atoms with Gasteiger partial charge in [-0.2, -0.15) is 10.2 Å². The molecule has 2 heterocycles. The van der Waals surface area contributed by atoms with Crippen LogP contribution in [0.4, 0.5) is 0 Å². The molecular weight excluding hydrogens is 238 g/mol. The first-order valence-corrected chi connectivity index (χ1v) is 7.05. The minimum atomic E-state index is 0.850. The molecular formula is C14H23N5. The Bertz CT molecular complexity index is 441. The van der Waals surface area contributed by atoms with Crippen molar-refractivity contribution < 1.29 is 0 Å². The Morgan fingerprint density at radius 3 is 1.79 bits per heavy atom. The Labute approximate surface area is 114 Å². The number of nitrogens with zero attached hydrogens (tertiary/aromatic N) is 4. The Morgan fingerprint density at radius 2 is 1.37 bits per heavy atom. The SMILES string of the molecule is CCCn1cc(CNCc2cnn(CCC)c2)cn1. The van der Waals surface area contributed by atoms with Crippen molar-refractivity contribution in [3.8, 4) is 0 Å². The highest BCUT2D eigenvalue weighted by molar-refractivity contribution is 5.06. The zero-order chi connectivity index (χ0) is 13.5. The Hall–Kier alpha value is -1.62. The minimum Gasteiger partial charge on any atom is -0.308 e. The van der Waals surface area contributed by atoms with Crippen molar-refractivity contribution in [2.45, 2.75) is 52.9 Å². The zero-order valence-electron chi connectivity index (χ0n) is 11.8. The summed E-state index contributed by atoms with van der Waals surface area (Å²) in [5.74, 6) is 0. The summed E-state index contributed by atoms with van der Waals surface area (Å²) in [6, 6.07) is 0. The van der Waals surface area contributed by atoms with Crippen LogP contribution in [0, 0.1) is 0 Å². The number of nitrogens with one attached hydrogen (secondary N) is 1. The molecule has 0 aliphatic rings. The third kappa shape index (κ3) is 4.21. The zero-order valence-corrected chi connectivity index (χ0v) is 11.8. The molecule has 0 radical (unpaired) electrons. The van der Waals surface area contributed by atoms with Gasteiger partial charge in [-0.3, -0.25) is 9.36 Å². The van der Waals surface area contributed by atoms with Crippen molar-refractivity contribution in [2.75, 3.05) is 0 Å². The van der Waals surface area contributed by atoms with E-state index in [1.54, 1.807) is 0 Å². The summed E-state index contributed by atoms with van der Waals surface area (Å²) in [7, 11) is 0. The summed E-state index contributed by atoms with van der Waals surface area (Å²) < 4.78 is 3.99. The van der Waals surface area contributed by atoms with Crippen LogP contribution < -0.4 is 5.32 Å². The Kier molecular flexibility index (Phi) is 5.15. The fourth-order valence-corrected chi connectivity index (χ4v) is 2.05. The van der Waals surface area contributed by atoms with Gasteiger partial charge in [-0.15, -0.1) is 0 Å². The lowest BCUT2D eigenvalue weighted by molar-refractivity contribution is 0.600. The van der Waals surface area contributed by atoms with Gasteiger partial charge in [0.2, 0.25) is 0 Å². The molecule has 0 unspecified atom stereocenters. The van der Waals surface area contributed by atoms with Gasteiger partial charge in [0.15, 0.2) is 0 Å². The van der Waals surface area contributed by atoms with E-state index in [0.29, 0.717) is 0 Å². The summed E-state index contributed by atoms with van der Waals surface area (Å²) in [5, 5.41) is 12.1. The molecule has 0 aliphatic carbocycles. The molecule has 5 heteroatoms. The smallest absolute Gasteiger partial charge is 0.0534 e. The molecule has 5 nitrogen and oxygen atoms in total. The van der Waals surface area contributed by atoms with E-state index in [9.17, 15) is 0 Å². The number of hydrogen-bond acceptors (Lipinski definition) is 3. The highest BCUT2D eigenvalue weighted by atomic mass is 15.3. The number of aryl methyl sites for hydroxylation is 2. The van der Waals surface area contributed by atoms with E-state index >= 15 is 0 Å². The van der Waals surface area contributed by atoms with Crippen molar-refractivity contribution in [3.05, 3.63) is 35.9 Å². The Balaban J connectivity index is 1.75. The van der Waals surface area contributed by atoms with E-state index in [0.717, 1.165) is 39.0 Å². The van der Waals surface area contributed by atoms with Crippen LogP contribution in [-0.4, -0.2) is 19.6 Å². The molecule has 2 rings (SSSR count). The van der Waals surface area contributed by atoms with Crippen LogP contribution in [0.1, 0.15) is 37.8 Å². The maximum absolute atomic E-state index is 4.32. The molecule has 0 saturated heterocycles. The minimum absolute atomic E-state index is 0.850. The van der Waals surface area contributed by atoms with Crippen LogP contribution in [0.25, 0.3) is 0 Å². The van der Waals surface area contributed by atoms with Gasteiger partial charge < -0.3 is 5.32 Å². The average molecular weight is 261 g/mol. The first-order chi connectivity index (χ1) is 9.31. The summed E-state index contributed by atoms with van der Waals surface area (Å²) in [6.45, 7) is 8.00. The molecule has 2 aromatic rings. The van der Waals surface area contributed by atoms with Crippen molar-refractivity contribution >= 4 is 0 Å². The first-order valence-electron chi connectivity index (χ1n) is 7.05. The van der Waals surface area contributed by atoms with E-state index in [1.165, 1.54) is 11.1 Å². The van der Waals surface area contributed by atoms with Crippen LogP contribution in [0.5, 0.6) is 0 Å². The van der Waals surface area contributed by atoms with Gasteiger partial charge in [0.1, 0.15) is 0 Å². The largest absolute Gasteiger partial charge is 0.308 e. The Morgan fingerprint density at radius 1 is 0.895 bits per heavy atom. The lowest BCUT2D eigenvalue weighted by Crippen LogP contribution is -2.11. The second-order valence-corrected chi connectivity index (χ2v) is 4.83. The van der Waals surface area contributed by atoms with Gasteiger partial charge >= 0.3 is 0 Å². The predicted octanol–water partition coefficient (Wildman–Crippen LogP) is 2.19. The monoisotopic (exact) mass is 261 g/mol. The number of rotatable bonds is 8. The van der Waals surface area contributed by atoms with Gasteiger partial charge in [-0.05, 0) is 12.8 Å². The molecule has 0 spiro atoms. The number of aromatic nitrogens is 4. The van der Waals surface area contributed by atoms with E-state index in [4.69, 9.17) is 0 Å². The summed E-state index contributed by atoms with van der Waals surface area (Å²) >= 11 is 0. The highest BCUT2D eigenvalue weighted by Gasteiger charge is 2.00. The maximum Gasteiger partial charge on any atom is 0.0534 e. The molecule has 0 amide bonds. The van der Waals surface area contributed by atoms with E-state index in [1.807, 2.05) is 21.8 Å². The predicted molar refractivity (Wildman–Crippen MR) is 75.6 cm³/mol. The fraction of sp³-hybridized carbons (Fsp3) is 0.571. The number of hydrogen-bond donors (Lipinski definition) is 1. The van der Waals surface area contributed by atoms with Gasteiger partial charge in [0, 0.05) is 49.7 Å². The van der Waals surface area contributed by atoms with Crippen LogP contribution in [0.2, 0.25) is 0 Å². The topological polar surface area (TPSA) is 47.7 Å². The lowest BCUT2D eigenvalue weighted by atomic mass is 10.3. The molecule has 0 bridgehead atoms. The second-order valence-electron chi connectivity index (χ2n) is 4.83. The van der Waals surface area contributed by atoms with Gasteiger partial charge in [-0.25, -0.2) is 0 Å². The van der Waals surface area contributed by atoms with Crippen molar-refractivity contribution in [3.63, 3.8) is 0 Å². The second kappa shape index (κ2) is 7.09. The normalized spacial score (nSPS) is 11.1. The molecule has 1 N–H and O–H groups in total. The fourth-order valence-electron chi connectivity index (χ4n) is 2.05. The van der Waals surface area contributed by atoms with Crippen molar-refractivity contribution in [2.24, 2.45) is 0 Å². The standard InChI is InChI=1S/C14H23N5/c1-3-5-18-11-13(9-16-18)7-15-8-14-10-17-19(12-14)6-4-2/h9-12,15H,3-8H2,1-2H3. The van der Waals surface area contributed by atoms with E-state index < -0.39 is 0 Å². The third-order valence-corrected chi connectivity index (χ3v) is 2.94. The van der Waals surface area contributed by atoms with Crippen LogP contribution in [-0.2, 0) is 26.2 Å². The van der Waals surface area contributed by atoms with Crippen molar-refractivity contribution in [1.82, 2.24) is 24.9 Å². The van der Waals surface area contributed by atoms with Crippen molar-refractivity contribution in [1.29, 1.82) is 0 Å². The first kappa shape index (κ1) is 13.8. The molecule has 19 heavy (non-hydrogen) atoms.